The molecule has 2 heteroatoms. The van der Waals surface area contributed by atoms with Gasteiger partial charge in [0.15, 0.2) is 0 Å². The van der Waals surface area contributed by atoms with Gasteiger partial charge in [0.25, 0.3) is 0 Å². The van der Waals surface area contributed by atoms with E-state index in [0.717, 1.165) is 0 Å². The number of nitrogens with zero attached hydrogens (tertiary/aromatic N) is 1. The molecule has 1 heterocycles. The van der Waals surface area contributed by atoms with Gasteiger partial charge in [-0.3, -0.25) is 4.90 Å². The third-order valence-electron chi connectivity index (χ3n) is 3.68. The minimum absolute atomic E-state index is 0.514. The van der Waals surface area contributed by atoms with Gasteiger partial charge in [-0.2, -0.15) is 0 Å². The van der Waals surface area contributed by atoms with Gasteiger partial charge in [0.2, 0.25) is 0 Å². The molecule has 0 aliphatic carbocycles. The summed E-state index contributed by atoms with van der Waals surface area (Å²) in [5.74, 6) is 0. The van der Waals surface area contributed by atoms with Crippen LogP contribution in [-0.4, -0.2) is 37.1 Å². The van der Waals surface area contributed by atoms with Crippen LogP contribution in [-0.2, 0) is 0 Å². The second-order valence-corrected chi connectivity index (χ2v) is 5.56. The van der Waals surface area contributed by atoms with Gasteiger partial charge in [-0.05, 0) is 45.7 Å². The molecule has 1 saturated heterocycles. The van der Waals surface area contributed by atoms with Crippen molar-refractivity contribution < 1.29 is 0 Å². The standard InChI is InChI=1S/C12H26N2/c1-10(13-5)11(2)14-8-6-7-12(3,4)9-14/h10-11,13H,6-9H2,1-5H3. The third-order valence-corrected chi connectivity index (χ3v) is 3.68. The van der Waals surface area contributed by atoms with E-state index < -0.39 is 0 Å². The fourth-order valence-electron chi connectivity index (χ4n) is 2.37. The largest absolute Gasteiger partial charge is 0.316 e. The summed E-state index contributed by atoms with van der Waals surface area (Å²) in [7, 11) is 2.05. The van der Waals surface area contributed by atoms with Crippen molar-refractivity contribution in [3.8, 4) is 0 Å². The molecule has 1 fully saturated rings. The predicted molar refractivity (Wildman–Crippen MR) is 62.6 cm³/mol. The Hall–Kier alpha value is -0.0800. The van der Waals surface area contributed by atoms with Crippen LogP contribution in [0.15, 0.2) is 0 Å². The zero-order valence-electron chi connectivity index (χ0n) is 10.4. The molecule has 2 nitrogen and oxygen atoms in total. The topological polar surface area (TPSA) is 15.3 Å². The van der Waals surface area contributed by atoms with Gasteiger partial charge in [-0.1, -0.05) is 13.8 Å². The maximum atomic E-state index is 3.35. The van der Waals surface area contributed by atoms with E-state index in [1.807, 2.05) is 0 Å². The van der Waals surface area contributed by atoms with Crippen LogP contribution in [0, 0.1) is 5.41 Å². The summed E-state index contributed by atoms with van der Waals surface area (Å²) >= 11 is 0. The summed E-state index contributed by atoms with van der Waals surface area (Å²) < 4.78 is 0. The number of likely N-dealkylation sites (tertiary alicyclic amines) is 1. The van der Waals surface area contributed by atoms with Crippen molar-refractivity contribution >= 4 is 0 Å². The number of rotatable bonds is 3. The number of hydrogen-bond acceptors (Lipinski definition) is 2. The fourth-order valence-corrected chi connectivity index (χ4v) is 2.37. The van der Waals surface area contributed by atoms with Crippen LogP contribution >= 0.6 is 0 Å². The normalized spacial score (nSPS) is 27.2. The van der Waals surface area contributed by atoms with E-state index in [0.29, 0.717) is 17.5 Å². The lowest BCUT2D eigenvalue weighted by Gasteiger charge is -2.43. The Kier molecular flexibility index (Phi) is 3.96. The van der Waals surface area contributed by atoms with E-state index >= 15 is 0 Å². The maximum Gasteiger partial charge on any atom is 0.0218 e. The first-order chi connectivity index (χ1) is 6.46. The average molecular weight is 198 g/mol. The Labute approximate surface area is 89.1 Å². The molecule has 0 spiro atoms. The van der Waals surface area contributed by atoms with Crippen LogP contribution < -0.4 is 5.32 Å². The molecule has 0 bridgehead atoms. The highest BCUT2D eigenvalue weighted by atomic mass is 15.2. The van der Waals surface area contributed by atoms with Crippen molar-refractivity contribution in [3.63, 3.8) is 0 Å². The molecule has 14 heavy (non-hydrogen) atoms. The molecule has 2 atom stereocenters. The Morgan fingerprint density at radius 2 is 1.93 bits per heavy atom. The molecule has 84 valence electrons. The Balaban J connectivity index is 2.51. The van der Waals surface area contributed by atoms with Crippen molar-refractivity contribution in [2.75, 3.05) is 20.1 Å². The Bertz CT molecular complexity index is 177. The van der Waals surface area contributed by atoms with E-state index in [1.165, 1.54) is 25.9 Å². The van der Waals surface area contributed by atoms with Gasteiger partial charge in [-0.25, -0.2) is 0 Å². The van der Waals surface area contributed by atoms with Crippen LogP contribution in [0.2, 0.25) is 0 Å². The number of likely N-dealkylation sites (N-methyl/N-ethyl adjacent to an activating group) is 1. The molecule has 0 aromatic heterocycles. The molecule has 1 N–H and O–H groups in total. The van der Waals surface area contributed by atoms with E-state index in [-0.39, 0.29) is 0 Å². The SMILES string of the molecule is CNC(C)C(C)N1CCCC(C)(C)C1. The van der Waals surface area contributed by atoms with Crippen molar-refractivity contribution in [2.24, 2.45) is 5.41 Å². The third kappa shape index (κ3) is 2.96. The summed E-state index contributed by atoms with van der Waals surface area (Å²) in [6.45, 7) is 11.9. The van der Waals surface area contributed by atoms with Crippen molar-refractivity contribution in [3.05, 3.63) is 0 Å². The summed E-state index contributed by atoms with van der Waals surface area (Å²) in [6, 6.07) is 1.24. The molecule has 2 unspecified atom stereocenters. The van der Waals surface area contributed by atoms with Gasteiger partial charge in [0, 0.05) is 18.6 Å². The molecule has 0 saturated carbocycles. The zero-order valence-corrected chi connectivity index (χ0v) is 10.4. The van der Waals surface area contributed by atoms with Gasteiger partial charge in [0.05, 0.1) is 0 Å². The molecule has 1 rings (SSSR count). The second kappa shape index (κ2) is 4.63. The molecular weight excluding hydrogens is 172 g/mol. The lowest BCUT2D eigenvalue weighted by Crippen LogP contribution is -2.51. The van der Waals surface area contributed by atoms with E-state index in [1.54, 1.807) is 0 Å². The number of hydrogen-bond donors (Lipinski definition) is 1. The van der Waals surface area contributed by atoms with Crippen LogP contribution in [0.5, 0.6) is 0 Å². The molecule has 0 amide bonds. The van der Waals surface area contributed by atoms with Gasteiger partial charge >= 0.3 is 0 Å². The van der Waals surface area contributed by atoms with Crippen LogP contribution in [0.4, 0.5) is 0 Å². The second-order valence-electron chi connectivity index (χ2n) is 5.56. The lowest BCUT2D eigenvalue weighted by molar-refractivity contribution is 0.0722. The highest BCUT2D eigenvalue weighted by Gasteiger charge is 2.30. The summed E-state index contributed by atoms with van der Waals surface area (Å²) in [5, 5.41) is 3.35. The summed E-state index contributed by atoms with van der Waals surface area (Å²) in [5.41, 5.74) is 0.514. The smallest absolute Gasteiger partial charge is 0.0218 e. The number of nitrogens with one attached hydrogen (secondary N) is 1. The highest BCUT2D eigenvalue weighted by Crippen LogP contribution is 2.29. The maximum absolute atomic E-state index is 3.35. The Morgan fingerprint density at radius 1 is 1.29 bits per heavy atom. The first-order valence-corrected chi connectivity index (χ1v) is 5.87. The average Bonchev–Trinajstić information content (AvgIpc) is 2.14. The first-order valence-electron chi connectivity index (χ1n) is 5.87. The van der Waals surface area contributed by atoms with Gasteiger partial charge < -0.3 is 5.32 Å². The zero-order chi connectivity index (χ0) is 10.8. The van der Waals surface area contributed by atoms with Crippen molar-refractivity contribution in [1.29, 1.82) is 0 Å². The van der Waals surface area contributed by atoms with E-state index in [9.17, 15) is 0 Å². The van der Waals surface area contributed by atoms with Crippen LogP contribution in [0.25, 0.3) is 0 Å². The molecule has 0 aromatic rings. The molecule has 1 aliphatic heterocycles. The van der Waals surface area contributed by atoms with Gasteiger partial charge in [-0.15, -0.1) is 0 Å². The van der Waals surface area contributed by atoms with Gasteiger partial charge in [0.1, 0.15) is 0 Å². The Morgan fingerprint density at radius 3 is 2.43 bits per heavy atom. The summed E-state index contributed by atoms with van der Waals surface area (Å²) in [6.07, 6.45) is 2.73. The quantitative estimate of drug-likeness (QED) is 0.747. The fraction of sp³-hybridized carbons (Fsp3) is 1.00. The van der Waals surface area contributed by atoms with E-state index in [2.05, 4.69) is 45.0 Å². The number of piperidine rings is 1. The monoisotopic (exact) mass is 198 g/mol. The molecular formula is C12H26N2. The molecule has 0 aromatic carbocycles. The van der Waals surface area contributed by atoms with Crippen LogP contribution in [0.3, 0.4) is 0 Å². The van der Waals surface area contributed by atoms with Crippen molar-refractivity contribution in [2.45, 2.75) is 52.6 Å². The minimum Gasteiger partial charge on any atom is -0.316 e. The molecule has 0 radical (unpaired) electrons. The first kappa shape index (κ1) is 12.0. The highest BCUT2D eigenvalue weighted by molar-refractivity contribution is 4.85. The summed E-state index contributed by atoms with van der Waals surface area (Å²) in [4.78, 5) is 2.63. The lowest BCUT2D eigenvalue weighted by atomic mass is 9.83. The van der Waals surface area contributed by atoms with E-state index in [4.69, 9.17) is 0 Å². The van der Waals surface area contributed by atoms with Crippen LogP contribution in [0.1, 0.15) is 40.5 Å². The van der Waals surface area contributed by atoms with Crippen molar-refractivity contribution in [1.82, 2.24) is 10.2 Å². The minimum atomic E-state index is 0.514. The molecule has 1 aliphatic rings. The predicted octanol–water partition coefficient (Wildman–Crippen LogP) is 2.10.